The Bertz CT molecular complexity index is 230. The summed E-state index contributed by atoms with van der Waals surface area (Å²) in [4.78, 5) is 23.1. The van der Waals surface area contributed by atoms with Gasteiger partial charge in [0.1, 0.15) is 6.04 Å². The summed E-state index contributed by atoms with van der Waals surface area (Å²) in [5, 5.41) is 19.9. The van der Waals surface area contributed by atoms with E-state index < -0.39 is 24.1 Å². The summed E-state index contributed by atoms with van der Waals surface area (Å²) in [6, 6.07) is -1.36. The smallest absolute Gasteiger partial charge is 0.325 e. The first-order valence-corrected chi connectivity index (χ1v) is 4.77. The minimum absolute atomic E-state index is 0.385. The fourth-order valence-electron chi connectivity index (χ4n) is 0.839. The first-order valence-electron chi connectivity index (χ1n) is 4.77. The monoisotopic (exact) mass is 218 g/mol. The number of carboxylic acid groups (broad SMARTS) is 1. The van der Waals surface area contributed by atoms with Crippen molar-refractivity contribution >= 4 is 12.0 Å². The second-order valence-electron chi connectivity index (χ2n) is 3.57. The lowest BCUT2D eigenvalue weighted by Gasteiger charge is -2.20. The van der Waals surface area contributed by atoms with Crippen LogP contribution in [0.15, 0.2) is 0 Å². The second-order valence-corrected chi connectivity index (χ2v) is 3.57. The Morgan fingerprint density at radius 2 is 1.93 bits per heavy atom. The van der Waals surface area contributed by atoms with Gasteiger partial charge < -0.3 is 20.4 Å². The van der Waals surface area contributed by atoms with Gasteiger partial charge in [0.2, 0.25) is 0 Å². The average Bonchev–Trinajstić information content (AvgIpc) is 2.13. The van der Waals surface area contributed by atoms with Crippen LogP contribution in [0.3, 0.4) is 0 Å². The standard InChI is InChI=1S/C9H18N2O4/c1-6(12)4-5-11(3)9(15)10-7(2)8(13)14/h6-7,12H,4-5H2,1-3H3,(H,10,15)(H,13,14). The van der Waals surface area contributed by atoms with Crippen molar-refractivity contribution in [3.05, 3.63) is 0 Å². The maximum atomic E-state index is 11.3. The molecule has 0 spiro atoms. The number of urea groups is 1. The van der Waals surface area contributed by atoms with E-state index in [1.165, 1.54) is 11.8 Å². The topological polar surface area (TPSA) is 89.9 Å². The van der Waals surface area contributed by atoms with Gasteiger partial charge in [0.05, 0.1) is 6.10 Å². The molecular formula is C9H18N2O4. The van der Waals surface area contributed by atoms with Gasteiger partial charge in [0.15, 0.2) is 0 Å². The molecule has 6 nitrogen and oxygen atoms in total. The van der Waals surface area contributed by atoms with Gasteiger partial charge in [-0.2, -0.15) is 0 Å². The van der Waals surface area contributed by atoms with Crippen LogP contribution < -0.4 is 5.32 Å². The molecule has 0 saturated carbocycles. The summed E-state index contributed by atoms with van der Waals surface area (Å²) in [5.41, 5.74) is 0. The zero-order chi connectivity index (χ0) is 12.0. The van der Waals surface area contributed by atoms with Crippen molar-refractivity contribution in [1.82, 2.24) is 10.2 Å². The third kappa shape index (κ3) is 5.90. The Labute approximate surface area is 88.9 Å². The van der Waals surface area contributed by atoms with Crippen molar-refractivity contribution in [2.75, 3.05) is 13.6 Å². The lowest BCUT2D eigenvalue weighted by atomic mass is 10.3. The highest BCUT2D eigenvalue weighted by molar-refractivity contribution is 5.82. The number of aliphatic carboxylic acids is 1. The number of nitrogens with one attached hydrogen (secondary N) is 1. The maximum Gasteiger partial charge on any atom is 0.325 e. The lowest BCUT2D eigenvalue weighted by Crippen LogP contribution is -2.45. The normalized spacial score (nSPS) is 14.1. The molecule has 2 amide bonds. The van der Waals surface area contributed by atoms with Crippen LogP contribution in [0, 0.1) is 0 Å². The summed E-state index contributed by atoms with van der Waals surface area (Å²) in [6.07, 6.45) is -0.0112. The summed E-state index contributed by atoms with van der Waals surface area (Å²) in [5.74, 6) is -1.08. The number of hydrogen-bond donors (Lipinski definition) is 3. The van der Waals surface area contributed by atoms with E-state index in [4.69, 9.17) is 10.2 Å². The number of aliphatic hydroxyl groups excluding tert-OH is 1. The van der Waals surface area contributed by atoms with Gasteiger partial charge >= 0.3 is 12.0 Å². The van der Waals surface area contributed by atoms with Crippen molar-refractivity contribution in [2.24, 2.45) is 0 Å². The van der Waals surface area contributed by atoms with E-state index in [0.717, 1.165) is 0 Å². The van der Waals surface area contributed by atoms with Gasteiger partial charge in [0.25, 0.3) is 0 Å². The number of rotatable bonds is 5. The molecule has 0 saturated heterocycles. The van der Waals surface area contributed by atoms with Crippen molar-refractivity contribution in [2.45, 2.75) is 32.4 Å². The van der Waals surface area contributed by atoms with Crippen LogP contribution in [0.5, 0.6) is 0 Å². The van der Waals surface area contributed by atoms with Crippen molar-refractivity contribution < 1.29 is 19.8 Å². The number of amides is 2. The molecule has 0 rings (SSSR count). The average molecular weight is 218 g/mol. The van der Waals surface area contributed by atoms with Gasteiger partial charge in [-0.15, -0.1) is 0 Å². The van der Waals surface area contributed by atoms with Crippen molar-refractivity contribution in [3.63, 3.8) is 0 Å². The highest BCUT2D eigenvalue weighted by atomic mass is 16.4. The number of carbonyl (C=O) groups excluding carboxylic acids is 1. The van der Waals surface area contributed by atoms with Crippen LogP contribution in [-0.2, 0) is 4.79 Å². The van der Waals surface area contributed by atoms with Crippen LogP contribution in [0.2, 0.25) is 0 Å². The SMILES string of the molecule is CC(O)CCN(C)C(=O)NC(C)C(=O)O. The summed E-state index contributed by atoms with van der Waals surface area (Å²) < 4.78 is 0. The predicted molar refractivity (Wildman–Crippen MR) is 54.6 cm³/mol. The molecule has 15 heavy (non-hydrogen) atoms. The maximum absolute atomic E-state index is 11.3. The Kier molecular flexibility index (Phi) is 5.69. The molecule has 88 valence electrons. The van der Waals surface area contributed by atoms with E-state index in [1.54, 1.807) is 14.0 Å². The molecule has 0 radical (unpaired) electrons. The van der Waals surface area contributed by atoms with Crippen LogP contribution in [-0.4, -0.2) is 52.9 Å². The third-order valence-electron chi connectivity index (χ3n) is 1.94. The second kappa shape index (κ2) is 6.23. The van der Waals surface area contributed by atoms with Crippen LogP contribution in [0.4, 0.5) is 4.79 Å². The molecule has 0 fully saturated rings. The highest BCUT2D eigenvalue weighted by Crippen LogP contribution is 1.94. The Hall–Kier alpha value is -1.30. The quantitative estimate of drug-likeness (QED) is 0.599. The molecule has 0 aromatic rings. The zero-order valence-electron chi connectivity index (χ0n) is 9.23. The van der Waals surface area contributed by atoms with Gasteiger partial charge in [-0.05, 0) is 20.3 Å². The number of hydrogen-bond acceptors (Lipinski definition) is 3. The van der Waals surface area contributed by atoms with E-state index in [1.807, 2.05) is 0 Å². The number of carboxylic acids is 1. The van der Waals surface area contributed by atoms with E-state index in [9.17, 15) is 9.59 Å². The minimum atomic E-state index is -1.08. The van der Waals surface area contributed by atoms with Crippen LogP contribution in [0.1, 0.15) is 20.3 Å². The predicted octanol–water partition coefficient (Wildman–Crippen LogP) is -0.128. The summed E-state index contributed by atoms with van der Waals surface area (Å²) >= 11 is 0. The Morgan fingerprint density at radius 1 is 1.40 bits per heavy atom. The minimum Gasteiger partial charge on any atom is -0.480 e. The molecule has 2 atom stereocenters. The fourth-order valence-corrected chi connectivity index (χ4v) is 0.839. The molecule has 0 heterocycles. The summed E-state index contributed by atoms with van der Waals surface area (Å²) in [7, 11) is 1.55. The number of aliphatic hydroxyl groups is 1. The first-order chi connectivity index (χ1) is 6.84. The van der Waals surface area contributed by atoms with Crippen molar-refractivity contribution in [3.8, 4) is 0 Å². The van der Waals surface area contributed by atoms with Crippen molar-refractivity contribution in [1.29, 1.82) is 0 Å². The van der Waals surface area contributed by atoms with Crippen LogP contribution in [0.25, 0.3) is 0 Å². The lowest BCUT2D eigenvalue weighted by molar-refractivity contribution is -0.138. The molecule has 0 aliphatic carbocycles. The van der Waals surface area contributed by atoms with E-state index >= 15 is 0 Å². The third-order valence-corrected chi connectivity index (χ3v) is 1.94. The van der Waals surface area contributed by atoms with Crippen LogP contribution >= 0.6 is 0 Å². The Morgan fingerprint density at radius 3 is 2.33 bits per heavy atom. The van der Waals surface area contributed by atoms with Gasteiger partial charge in [0, 0.05) is 13.6 Å². The van der Waals surface area contributed by atoms with Gasteiger partial charge in [-0.25, -0.2) is 4.79 Å². The van der Waals surface area contributed by atoms with E-state index in [2.05, 4.69) is 5.32 Å². The Balaban J connectivity index is 3.94. The van der Waals surface area contributed by atoms with E-state index in [-0.39, 0.29) is 0 Å². The highest BCUT2D eigenvalue weighted by Gasteiger charge is 2.16. The molecule has 6 heteroatoms. The molecular weight excluding hydrogens is 200 g/mol. The summed E-state index contributed by atoms with van der Waals surface area (Å²) in [6.45, 7) is 3.41. The molecule has 0 aliphatic heterocycles. The molecule has 3 N–H and O–H groups in total. The van der Waals surface area contributed by atoms with Gasteiger partial charge in [-0.1, -0.05) is 0 Å². The van der Waals surface area contributed by atoms with Gasteiger partial charge in [-0.3, -0.25) is 4.79 Å². The molecule has 0 aromatic heterocycles. The first kappa shape index (κ1) is 13.7. The molecule has 0 bridgehead atoms. The fraction of sp³-hybridized carbons (Fsp3) is 0.778. The zero-order valence-corrected chi connectivity index (χ0v) is 9.23. The molecule has 2 unspecified atom stereocenters. The number of nitrogens with zero attached hydrogens (tertiary/aromatic N) is 1. The molecule has 0 aliphatic rings. The largest absolute Gasteiger partial charge is 0.480 e. The molecule has 0 aromatic carbocycles. The van der Waals surface area contributed by atoms with E-state index in [0.29, 0.717) is 13.0 Å². The number of carbonyl (C=O) groups is 2.